The number of carbonyl (C=O) groups excluding carboxylic acids is 2. The number of hydrazine groups is 1. The first-order valence-corrected chi connectivity index (χ1v) is 12.1. The van der Waals surface area contributed by atoms with Crippen molar-refractivity contribution in [3.05, 3.63) is 52.8 Å². The van der Waals surface area contributed by atoms with Crippen molar-refractivity contribution < 1.29 is 23.1 Å². The Morgan fingerprint density at radius 2 is 2.08 bits per heavy atom. The minimum Gasteiger partial charge on any atom is -0.494 e. The summed E-state index contributed by atoms with van der Waals surface area (Å²) in [5.41, 5.74) is 6.15. The van der Waals surface area contributed by atoms with E-state index in [1.165, 1.54) is 25.6 Å². The van der Waals surface area contributed by atoms with Crippen molar-refractivity contribution >= 4 is 30.1 Å². The first kappa shape index (κ1) is 25.5. The number of halogens is 2. The summed E-state index contributed by atoms with van der Waals surface area (Å²) in [6.07, 6.45) is 4.12. The smallest absolute Gasteiger partial charge is 0.280 e. The molecule has 188 valence electrons. The molecule has 36 heavy (non-hydrogen) atoms. The fourth-order valence-electron chi connectivity index (χ4n) is 3.83. The first-order chi connectivity index (χ1) is 17.4. The third-order valence-corrected chi connectivity index (χ3v) is 6.12. The van der Waals surface area contributed by atoms with Gasteiger partial charge in [0.25, 0.3) is 12.3 Å². The molecular weight excluding hydrogens is 486 g/mol. The molecule has 2 amide bonds. The molecule has 4 rings (SSSR count). The lowest BCUT2D eigenvalue weighted by Gasteiger charge is -2.27. The lowest BCUT2D eigenvalue weighted by molar-refractivity contribution is -0.119. The van der Waals surface area contributed by atoms with Gasteiger partial charge in [-0.15, -0.1) is 12.6 Å². The van der Waals surface area contributed by atoms with E-state index < -0.39 is 18.0 Å². The van der Waals surface area contributed by atoms with Gasteiger partial charge in [0.05, 0.1) is 18.2 Å². The number of alkyl halides is 2. The van der Waals surface area contributed by atoms with Crippen LogP contribution in [0.4, 0.5) is 14.5 Å². The van der Waals surface area contributed by atoms with Gasteiger partial charge < -0.3 is 15.1 Å². The predicted molar refractivity (Wildman–Crippen MR) is 136 cm³/mol. The van der Waals surface area contributed by atoms with E-state index in [0.717, 1.165) is 25.7 Å². The number of thiol groups is 1. The largest absolute Gasteiger partial charge is 0.494 e. The minimum absolute atomic E-state index is 0.0280. The Hall–Kier alpha value is -3.58. The number of hydrogen-bond acceptors (Lipinski definition) is 6. The van der Waals surface area contributed by atoms with Gasteiger partial charge in [0.15, 0.2) is 0 Å². The number of rotatable bonds is 7. The summed E-state index contributed by atoms with van der Waals surface area (Å²) in [5, 5.41) is 0. The maximum absolute atomic E-state index is 13.5. The Labute approximate surface area is 213 Å². The molecule has 0 unspecified atom stereocenters. The van der Waals surface area contributed by atoms with E-state index in [1.54, 1.807) is 23.1 Å². The third-order valence-electron chi connectivity index (χ3n) is 5.88. The molecule has 1 saturated carbocycles. The van der Waals surface area contributed by atoms with E-state index in [2.05, 4.69) is 40.3 Å². The second-order valence-corrected chi connectivity index (χ2v) is 9.00. The summed E-state index contributed by atoms with van der Waals surface area (Å²) in [5.74, 6) is 6.05. The molecule has 0 radical (unpaired) electrons. The van der Waals surface area contributed by atoms with Gasteiger partial charge in [-0.1, -0.05) is 11.8 Å². The van der Waals surface area contributed by atoms with Crippen LogP contribution < -0.4 is 20.5 Å². The first-order valence-electron chi connectivity index (χ1n) is 11.6. The molecule has 10 heteroatoms. The van der Waals surface area contributed by atoms with E-state index in [0.29, 0.717) is 35.0 Å². The third kappa shape index (κ3) is 6.15. The number of nitrogens with zero attached hydrogens (tertiary/aromatic N) is 2. The standard InChI is InChI=1S/C26H26F2N4O3S/c1-35-23-15-29-22(25(27)28)13-21(23)20-12-17(32-11-3-2-4-24(32)33)8-10-19(20)26(34)31-30-14-18(36)9-7-16-5-6-16/h8,10,12-16,25,30,36H,2-6,11H2,1H3,(H,31,34)/b18-14-. The van der Waals surface area contributed by atoms with Crippen LogP contribution in [-0.2, 0) is 4.79 Å². The molecule has 0 atom stereocenters. The second-order valence-electron chi connectivity index (χ2n) is 8.51. The number of pyridine rings is 1. The van der Waals surface area contributed by atoms with Gasteiger partial charge in [0.2, 0.25) is 5.91 Å². The van der Waals surface area contributed by atoms with E-state index >= 15 is 0 Å². The summed E-state index contributed by atoms with van der Waals surface area (Å²) >= 11 is 4.28. The second kappa shape index (κ2) is 11.4. The van der Waals surface area contributed by atoms with Crippen molar-refractivity contribution in [2.24, 2.45) is 5.92 Å². The van der Waals surface area contributed by atoms with Crippen molar-refractivity contribution in [3.63, 3.8) is 0 Å². The molecule has 7 nitrogen and oxygen atoms in total. The number of methoxy groups -OCH3 is 1. The lowest BCUT2D eigenvalue weighted by Crippen LogP contribution is -2.36. The molecule has 2 fully saturated rings. The number of anilines is 1. The van der Waals surface area contributed by atoms with Gasteiger partial charge in [0, 0.05) is 47.5 Å². The van der Waals surface area contributed by atoms with Crippen LogP contribution in [0.1, 0.15) is 54.6 Å². The molecule has 0 spiro atoms. The molecule has 2 N–H and O–H groups in total. The number of hydrogen-bond donors (Lipinski definition) is 3. The highest BCUT2D eigenvalue weighted by atomic mass is 32.1. The molecule has 0 bridgehead atoms. The Balaban J connectivity index is 1.69. The zero-order chi connectivity index (χ0) is 25.7. The van der Waals surface area contributed by atoms with Crippen LogP contribution in [0.15, 0.2) is 41.6 Å². The van der Waals surface area contributed by atoms with E-state index in [1.807, 2.05) is 0 Å². The van der Waals surface area contributed by atoms with E-state index in [4.69, 9.17) is 4.74 Å². The monoisotopic (exact) mass is 512 g/mol. The number of nitrogens with one attached hydrogen (secondary N) is 2. The fraction of sp³-hybridized carbons (Fsp3) is 0.346. The van der Waals surface area contributed by atoms with Crippen LogP contribution in [0.3, 0.4) is 0 Å². The Kier molecular flexibility index (Phi) is 8.10. The van der Waals surface area contributed by atoms with E-state index in [-0.39, 0.29) is 22.8 Å². The Bertz CT molecular complexity index is 1250. The quantitative estimate of drug-likeness (QED) is 0.286. The summed E-state index contributed by atoms with van der Waals surface area (Å²) < 4.78 is 32.3. The number of amides is 2. The number of ether oxygens (including phenoxy) is 1. The molecule has 1 aliphatic heterocycles. The maximum atomic E-state index is 13.5. The van der Waals surface area contributed by atoms with Crippen molar-refractivity contribution in [1.29, 1.82) is 0 Å². The zero-order valence-corrected chi connectivity index (χ0v) is 20.6. The van der Waals surface area contributed by atoms with Crippen molar-refractivity contribution in [1.82, 2.24) is 15.8 Å². The summed E-state index contributed by atoms with van der Waals surface area (Å²) in [6, 6.07) is 6.07. The van der Waals surface area contributed by atoms with Gasteiger partial charge in [-0.2, -0.15) is 0 Å². The molecule has 2 aromatic rings. The normalized spacial score (nSPS) is 15.9. The summed E-state index contributed by atoms with van der Waals surface area (Å²) in [4.78, 5) is 31.5. The predicted octanol–water partition coefficient (Wildman–Crippen LogP) is 4.63. The molecule has 2 heterocycles. The van der Waals surface area contributed by atoms with Gasteiger partial charge >= 0.3 is 0 Å². The van der Waals surface area contributed by atoms with Gasteiger partial charge in [-0.05, 0) is 49.9 Å². The topological polar surface area (TPSA) is 83.6 Å². The van der Waals surface area contributed by atoms with Crippen LogP contribution in [0.2, 0.25) is 0 Å². The van der Waals surface area contributed by atoms with Crippen LogP contribution in [-0.4, -0.2) is 30.5 Å². The highest BCUT2D eigenvalue weighted by Gasteiger charge is 2.24. The van der Waals surface area contributed by atoms with Crippen molar-refractivity contribution in [3.8, 4) is 28.7 Å². The van der Waals surface area contributed by atoms with E-state index in [9.17, 15) is 18.4 Å². The van der Waals surface area contributed by atoms with Crippen LogP contribution in [0.5, 0.6) is 5.75 Å². The SMILES string of the molecule is COc1cnc(C(F)F)cc1-c1cc(N2CCCCC2=O)ccc1C(=O)NN/C=C(\S)C#CC1CC1. The summed E-state index contributed by atoms with van der Waals surface area (Å²) in [6.45, 7) is 0.540. The van der Waals surface area contributed by atoms with Gasteiger partial charge in [-0.3, -0.25) is 20.0 Å². The molecular formula is C26H26F2N4O3S. The molecule has 1 aromatic carbocycles. The minimum atomic E-state index is -2.81. The zero-order valence-electron chi connectivity index (χ0n) is 19.7. The maximum Gasteiger partial charge on any atom is 0.280 e. The van der Waals surface area contributed by atoms with Crippen LogP contribution >= 0.6 is 12.6 Å². The average molecular weight is 513 g/mol. The highest BCUT2D eigenvalue weighted by Crippen LogP contribution is 2.37. The van der Waals surface area contributed by atoms with Crippen molar-refractivity contribution in [2.45, 2.75) is 38.5 Å². The number of piperidine rings is 1. The van der Waals surface area contributed by atoms with Crippen molar-refractivity contribution in [2.75, 3.05) is 18.6 Å². The summed E-state index contributed by atoms with van der Waals surface area (Å²) in [7, 11) is 1.39. The molecule has 1 aromatic heterocycles. The Morgan fingerprint density at radius 1 is 1.28 bits per heavy atom. The number of benzene rings is 1. The fourth-order valence-corrected chi connectivity index (χ4v) is 3.96. The van der Waals surface area contributed by atoms with Crippen LogP contribution in [0.25, 0.3) is 11.1 Å². The Morgan fingerprint density at radius 3 is 2.78 bits per heavy atom. The average Bonchev–Trinajstić information content (AvgIpc) is 3.71. The molecule has 1 aliphatic carbocycles. The number of allylic oxidation sites excluding steroid dienone is 1. The lowest BCUT2D eigenvalue weighted by atomic mass is 9.96. The number of aromatic nitrogens is 1. The highest BCUT2D eigenvalue weighted by molar-refractivity contribution is 7.84. The van der Waals surface area contributed by atoms with Gasteiger partial charge in [-0.25, -0.2) is 8.78 Å². The van der Waals surface area contributed by atoms with Gasteiger partial charge in [0.1, 0.15) is 11.4 Å². The number of carbonyl (C=O) groups is 2. The van der Waals surface area contributed by atoms with Crippen LogP contribution in [0, 0.1) is 17.8 Å². The molecule has 2 aliphatic rings. The molecule has 1 saturated heterocycles.